The number of aldehydes is 1. The van der Waals surface area contributed by atoms with Crippen molar-refractivity contribution in [3.63, 3.8) is 0 Å². The van der Waals surface area contributed by atoms with Gasteiger partial charge in [-0.05, 0) is 60.7 Å². The minimum atomic E-state index is -4.50. The van der Waals surface area contributed by atoms with Crippen LogP contribution < -0.4 is 16.0 Å². The van der Waals surface area contributed by atoms with Crippen LogP contribution in [-0.2, 0) is 17.5 Å². The molecule has 36 heavy (non-hydrogen) atoms. The number of hydrogen-bond donors (Lipinski definition) is 2. The van der Waals surface area contributed by atoms with E-state index in [1.807, 2.05) is 42.2 Å². The molecule has 0 amide bonds. The van der Waals surface area contributed by atoms with Gasteiger partial charge in [-0.25, -0.2) is 9.97 Å². The number of rotatable bonds is 7. The van der Waals surface area contributed by atoms with Crippen LogP contribution in [0.1, 0.15) is 22.5 Å². The molecule has 8 nitrogen and oxygen atoms in total. The predicted molar refractivity (Wildman–Crippen MR) is 135 cm³/mol. The van der Waals surface area contributed by atoms with Crippen molar-refractivity contribution < 1.29 is 18.0 Å². The lowest BCUT2D eigenvalue weighted by Crippen LogP contribution is -2.34. The molecule has 0 fully saturated rings. The molecule has 0 spiro atoms. The molecule has 2 aromatic rings. The molecule has 0 radical (unpaired) electrons. The molecular formula is C25H26F3N7O. The third kappa shape index (κ3) is 5.24. The molecule has 0 atom stereocenters. The number of carbonyl (C=O) groups excluding carboxylic acids is 1. The number of aliphatic imine (C=N–C) groups is 1. The molecule has 0 aliphatic carbocycles. The monoisotopic (exact) mass is 497 g/mol. The van der Waals surface area contributed by atoms with E-state index >= 15 is 0 Å². The maximum Gasteiger partial charge on any atom is 0.416 e. The van der Waals surface area contributed by atoms with E-state index in [1.54, 1.807) is 6.92 Å². The van der Waals surface area contributed by atoms with Crippen LogP contribution in [-0.4, -0.2) is 54.2 Å². The van der Waals surface area contributed by atoms with E-state index in [1.165, 1.54) is 12.1 Å². The highest BCUT2D eigenvalue weighted by molar-refractivity contribution is 6.20. The highest BCUT2D eigenvalue weighted by Crippen LogP contribution is 2.37. The van der Waals surface area contributed by atoms with Crippen molar-refractivity contribution in [1.29, 1.82) is 0 Å². The number of nitrogen functional groups attached to an aromatic ring is 1. The summed E-state index contributed by atoms with van der Waals surface area (Å²) in [7, 11) is 3.75. The van der Waals surface area contributed by atoms with Crippen molar-refractivity contribution in [3.8, 4) is 0 Å². The quantitative estimate of drug-likeness (QED) is 0.260. The zero-order chi connectivity index (χ0) is 26.0. The zero-order valence-electron chi connectivity index (χ0n) is 20.1. The first kappa shape index (κ1) is 25.0. The van der Waals surface area contributed by atoms with Crippen molar-refractivity contribution in [1.82, 2.24) is 14.9 Å². The first-order valence-corrected chi connectivity index (χ1v) is 11.2. The lowest BCUT2D eigenvalue weighted by Gasteiger charge is -2.29. The molecule has 1 aromatic carbocycles. The highest BCUT2D eigenvalue weighted by Gasteiger charge is 2.33. The summed E-state index contributed by atoms with van der Waals surface area (Å²) >= 11 is 0. The minimum Gasteiger partial charge on any atom is -0.399 e. The largest absolute Gasteiger partial charge is 0.416 e. The molecule has 0 saturated heterocycles. The number of allylic oxidation sites excluding steroid dienone is 2. The molecule has 0 saturated carbocycles. The van der Waals surface area contributed by atoms with Gasteiger partial charge in [-0.1, -0.05) is 0 Å². The fourth-order valence-electron chi connectivity index (χ4n) is 4.05. The lowest BCUT2D eigenvalue weighted by molar-refractivity contribution is -0.137. The Balaban J connectivity index is 1.76. The number of halogens is 3. The standard InChI is InChI=1S/C25H26F3N7O/c1-15-32-22(31-14-16-10-18(25(26,27)28)12-19(29)11-16)21-13-20(17(5-9-36)4-7-34(2)3)23-30-6-8-35(23)24(21)33-15/h4-5,7,9-13H,6,8,14,29H2,1-3H3,(H,31,32,33)/b7-4-,17-5+. The van der Waals surface area contributed by atoms with E-state index in [9.17, 15) is 18.0 Å². The van der Waals surface area contributed by atoms with Crippen LogP contribution in [0.15, 0.2) is 52.7 Å². The van der Waals surface area contributed by atoms with Crippen LogP contribution in [0, 0.1) is 6.92 Å². The minimum absolute atomic E-state index is 0.0268. The number of aryl methyl sites for hydroxylation is 1. The topological polar surface area (TPSA) is 99.7 Å². The average molecular weight is 498 g/mol. The van der Waals surface area contributed by atoms with E-state index in [4.69, 9.17) is 5.73 Å². The number of carbonyl (C=O) groups is 1. The fraction of sp³-hybridized carbons (Fsp3) is 0.280. The van der Waals surface area contributed by atoms with Gasteiger partial charge in [0.25, 0.3) is 0 Å². The van der Waals surface area contributed by atoms with Crippen molar-refractivity contribution in [3.05, 3.63) is 70.2 Å². The molecule has 0 unspecified atom stereocenters. The normalized spacial score (nSPS) is 15.4. The molecule has 188 valence electrons. The van der Waals surface area contributed by atoms with Gasteiger partial charge < -0.3 is 20.9 Å². The van der Waals surface area contributed by atoms with Gasteiger partial charge in [0.1, 0.15) is 29.6 Å². The number of aromatic nitrogens is 2. The lowest BCUT2D eigenvalue weighted by atomic mass is 9.97. The molecule has 0 bridgehead atoms. The molecule has 4 rings (SSSR count). The van der Waals surface area contributed by atoms with Crippen LogP contribution in [0.25, 0.3) is 6.08 Å². The first-order valence-electron chi connectivity index (χ1n) is 11.2. The smallest absolute Gasteiger partial charge is 0.399 e. The molecule has 3 heterocycles. The summed E-state index contributed by atoms with van der Waals surface area (Å²) in [4.78, 5) is 29.0. The van der Waals surface area contributed by atoms with Crippen molar-refractivity contribution in [2.45, 2.75) is 19.6 Å². The molecule has 2 aliphatic rings. The van der Waals surface area contributed by atoms with Crippen LogP contribution in [0.4, 0.5) is 30.5 Å². The second kappa shape index (κ2) is 9.84. The van der Waals surface area contributed by atoms with Crippen LogP contribution in [0.3, 0.4) is 0 Å². The van der Waals surface area contributed by atoms with E-state index in [0.29, 0.717) is 59.4 Å². The molecule has 2 aliphatic heterocycles. The highest BCUT2D eigenvalue weighted by atomic mass is 19.4. The summed E-state index contributed by atoms with van der Waals surface area (Å²) < 4.78 is 39.7. The number of nitrogens with two attached hydrogens (primary N) is 1. The Morgan fingerprint density at radius 2 is 2.03 bits per heavy atom. The molecular weight excluding hydrogens is 471 g/mol. The van der Waals surface area contributed by atoms with E-state index in [0.717, 1.165) is 17.7 Å². The number of alkyl halides is 3. The Hall–Kier alpha value is -4.15. The number of anilines is 3. The number of amidine groups is 1. The van der Waals surface area contributed by atoms with Gasteiger partial charge in [-0.15, -0.1) is 0 Å². The Labute approximate surface area is 206 Å². The maximum absolute atomic E-state index is 13.2. The molecule has 11 heteroatoms. The summed E-state index contributed by atoms with van der Waals surface area (Å²) in [6.07, 6.45) is 3.18. The van der Waals surface area contributed by atoms with E-state index in [-0.39, 0.29) is 12.2 Å². The Morgan fingerprint density at radius 1 is 1.25 bits per heavy atom. The van der Waals surface area contributed by atoms with Gasteiger partial charge in [-0.3, -0.25) is 9.79 Å². The molecule has 3 N–H and O–H groups in total. The summed E-state index contributed by atoms with van der Waals surface area (Å²) in [5.41, 5.74) is 7.35. The van der Waals surface area contributed by atoms with Gasteiger partial charge in [0.05, 0.1) is 17.7 Å². The summed E-state index contributed by atoms with van der Waals surface area (Å²) in [6, 6.07) is 3.46. The van der Waals surface area contributed by atoms with Crippen molar-refractivity contribution in [2.24, 2.45) is 4.99 Å². The third-order valence-electron chi connectivity index (χ3n) is 5.58. The van der Waals surface area contributed by atoms with E-state index in [2.05, 4.69) is 20.3 Å². The second-order valence-electron chi connectivity index (χ2n) is 8.62. The Bertz CT molecular complexity index is 1310. The Kier molecular flexibility index (Phi) is 6.82. The van der Waals surface area contributed by atoms with Gasteiger partial charge in [-0.2, -0.15) is 13.2 Å². The predicted octanol–water partition coefficient (Wildman–Crippen LogP) is 3.81. The van der Waals surface area contributed by atoms with Gasteiger partial charge >= 0.3 is 6.18 Å². The number of nitrogens with zero attached hydrogens (tertiary/aromatic N) is 5. The van der Waals surface area contributed by atoms with Gasteiger partial charge in [0, 0.05) is 38.4 Å². The fourth-order valence-corrected chi connectivity index (χ4v) is 4.05. The maximum atomic E-state index is 13.2. The van der Waals surface area contributed by atoms with Crippen LogP contribution in [0.2, 0.25) is 0 Å². The van der Waals surface area contributed by atoms with Crippen molar-refractivity contribution >= 4 is 35.5 Å². The zero-order valence-corrected chi connectivity index (χ0v) is 20.1. The second-order valence-corrected chi connectivity index (χ2v) is 8.62. The first-order chi connectivity index (χ1) is 17.1. The number of fused-ring (bicyclic) bond motifs is 3. The summed E-state index contributed by atoms with van der Waals surface area (Å²) in [6.45, 7) is 2.98. The average Bonchev–Trinajstić information content (AvgIpc) is 3.29. The van der Waals surface area contributed by atoms with Crippen LogP contribution in [0.5, 0.6) is 0 Å². The number of hydrogen-bond acceptors (Lipinski definition) is 8. The Morgan fingerprint density at radius 3 is 2.72 bits per heavy atom. The number of benzene rings is 1. The summed E-state index contributed by atoms with van der Waals surface area (Å²) in [5.74, 6) is 2.31. The molecule has 1 aromatic heterocycles. The third-order valence-corrected chi connectivity index (χ3v) is 5.58. The SMILES string of the molecule is Cc1nc(NCc2cc(N)cc(C(F)(F)F)c2)c2c(n1)N1CCN=C1C(C(/C=C\N(C)C)=C/C=O)=C2. The number of nitrogens with one attached hydrogen (secondary N) is 1. The van der Waals surface area contributed by atoms with Crippen molar-refractivity contribution in [2.75, 3.05) is 43.1 Å². The van der Waals surface area contributed by atoms with Crippen LogP contribution >= 0.6 is 0 Å². The summed E-state index contributed by atoms with van der Waals surface area (Å²) in [5, 5.41) is 3.16. The van der Waals surface area contributed by atoms with E-state index < -0.39 is 11.7 Å². The van der Waals surface area contributed by atoms with Gasteiger partial charge in [0.15, 0.2) is 0 Å². The van der Waals surface area contributed by atoms with Gasteiger partial charge in [0.2, 0.25) is 0 Å².